The van der Waals surface area contributed by atoms with Gasteiger partial charge in [0.25, 0.3) is 0 Å². The Balaban J connectivity index is 1.80. The number of hydrogen-bond acceptors (Lipinski definition) is 0. The van der Waals surface area contributed by atoms with Crippen LogP contribution in [0.2, 0.25) is 0 Å². The Hall–Kier alpha value is -0.780. The van der Waals surface area contributed by atoms with Crippen molar-refractivity contribution in [1.82, 2.24) is 0 Å². The van der Waals surface area contributed by atoms with Crippen LogP contribution in [-0.4, -0.2) is 0 Å². The second kappa shape index (κ2) is 9.50. The summed E-state index contributed by atoms with van der Waals surface area (Å²) in [4.78, 5) is 0. The van der Waals surface area contributed by atoms with Crippen molar-refractivity contribution in [2.45, 2.75) is 84.0 Å². The van der Waals surface area contributed by atoms with Crippen LogP contribution in [0.4, 0.5) is 0 Å². The Morgan fingerprint density at radius 2 is 1.78 bits per heavy atom. The fourth-order valence-corrected chi connectivity index (χ4v) is 5.20. The molecule has 1 fully saturated rings. The maximum atomic E-state index is 3.86. The third-order valence-electron chi connectivity index (χ3n) is 6.32. The van der Waals surface area contributed by atoms with Gasteiger partial charge in [0, 0.05) is 0 Å². The van der Waals surface area contributed by atoms with Crippen molar-refractivity contribution in [3.63, 3.8) is 0 Å². The summed E-state index contributed by atoms with van der Waals surface area (Å²) in [6, 6.07) is 0. The zero-order chi connectivity index (χ0) is 16.5. The van der Waals surface area contributed by atoms with Crippen LogP contribution in [0.3, 0.4) is 0 Å². The third-order valence-corrected chi connectivity index (χ3v) is 6.32. The molecule has 4 atom stereocenters. The number of allylic oxidation sites excluding steroid dienone is 4. The van der Waals surface area contributed by atoms with Crippen LogP contribution < -0.4 is 0 Å². The van der Waals surface area contributed by atoms with Crippen molar-refractivity contribution in [2.75, 3.05) is 0 Å². The zero-order valence-electron chi connectivity index (χ0n) is 15.4. The summed E-state index contributed by atoms with van der Waals surface area (Å²) >= 11 is 0. The third kappa shape index (κ3) is 5.37. The summed E-state index contributed by atoms with van der Waals surface area (Å²) in [5.41, 5.74) is 0.644. The summed E-state index contributed by atoms with van der Waals surface area (Å²) in [7, 11) is 0. The van der Waals surface area contributed by atoms with E-state index in [2.05, 4.69) is 44.4 Å². The van der Waals surface area contributed by atoms with E-state index >= 15 is 0 Å². The van der Waals surface area contributed by atoms with Crippen molar-refractivity contribution < 1.29 is 0 Å². The van der Waals surface area contributed by atoms with Gasteiger partial charge in [0.2, 0.25) is 0 Å². The Kier molecular flexibility index (Phi) is 7.66. The molecule has 0 nitrogen and oxygen atoms in total. The van der Waals surface area contributed by atoms with Crippen molar-refractivity contribution in [3.05, 3.63) is 37.5 Å². The largest absolute Gasteiger partial charge is 0.103 e. The quantitative estimate of drug-likeness (QED) is 0.244. The molecular weight excluding hydrogens is 276 g/mol. The lowest BCUT2D eigenvalue weighted by Crippen LogP contribution is -2.28. The number of rotatable bonds is 13. The fraction of sp³-hybridized carbons (Fsp3) is 0.739. The molecule has 0 heterocycles. The van der Waals surface area contributed by atoms with Crippen LogP contribution in [-0.2, 0) is 0 Å². The molecule has 0 amide bonds. The average Bonchev–Trinajstić information content (AvgIpc) is 3.12. The Labute approximate surface area is 145 Å². The summed E-state index contributed by atoms with van der Waals surface area (Å²) < 4.78 is 0. The smallest absolute Gasteiger partial charge is 0.0171 e. The average molecular weight is 315 g/mol. The molecule has 0 radical (unpaired) electrons. The molecule has 2 rings (SSSR count). The first-order chi connectivity index (χ1) is 11.2. The molecule has 2 aliphatic carbocycles. The lowest BCUT2D eigenvalue weighted by molar-refractivity contribution is 0.148. The number of hydrogen-bond donors (Lipinski definition) is 0. The van der Waals surface area contributed by atoms with Gasteiger partial charge in [-0.2, -0.15) is 0 Å². The van der Waals surface area contributed by atoms with Gasteiger partial charge in [0.15, 0.2) is 0 Å². The maximum Gasteiger partial charge on any atom is -0.0171 e. The summed E-state index contributed by atoms with van der Waals surface area (Å²) in [5.74, 6) is 2.67. The van der Waals surface area contributed by atoms with Crippen molar-refractivity contribution in [2.24, 2.45) is 23.2 Å². The normalized spacial score (nSPS) is 29.8. The predicted molar refractivity (Wildman–Crippen MR) is 104 cm³/mol. The van der Waals surface area contributed by atoms with Crippen LogP contribution in [0, 0.1) is 23.2 Å². The highest BCUT2D eigenvalue weighted by Crippen LogP contribution is 2.58. The summed E-state index contributed by atoms with van der Waals surface area (Å²) in [5, 5.41) is 0. The minimum absolute atomic E-state index is 0.644. The van der Waals surface area contributed by atoms with Crippen LogP contribution >= 0.6 is 0 Å². The molecule has 2 bridgehead atoms. The maximum absolute atomic E-state index is 3.86. The molecule has 130 valence electrons. The number of unbranched alkanes of at least 4 members (excludes halogenated alkanes) is 5. The van der Waals surface area contributed by atoms with Crippen LogP contribution in [0.25, 0.3) is 0 Å². The van der Waals surface area contributed by atoms with E-state index < -0.39 is 0 Å². The number of fused-ring (bicyclic) bond motifs is 2. The highest BCUT2D eigenvalue weighted by atomic mass is 14.5. The molecule has 0 spiro atoms. The molecule has 0 saturated heterocycles. The van der Waals surface area contributed by atoms with E-state index in [1.165, 1.54) is 77.0 Å². The van der Waals surface area contributed by atoms with E-state index in [1.807, 2.05) is 0 Å². The van der Waals surface area contributed by atoms with Crippen LogP contribution in [0.5, 0.6) is 0 Å². The van der Waals surface area contributed by atoms with E-state index in [0.717, 1.165) is 17.8 Å². The molecular formula is C23H38. The second-order valence-corrected chi connectivity index (χ2v) is 8.32. The summed E-state index contributed by atoms with van der Waals surface area (Å²) in [6.07, 6.45) is 25.8. The van der Waals surface area contributed by atoms with Gasteiger partial charge < -0.3 is 0 Å². The van der Waals surface area contributed by atoms with E-state index in [0.29, 0.717) is 5.41 Å². The van der Waals surface area contributed by atoms with Gasteiger partial charge in [-0.15, -0.1) is 13.2 Å². The van der Waals surface area contributed by atoms with Gasteiger partial charge in [0.1, 0.15) is 0 Å². The predicted octanol–water partition coefficient (Wildman–Crippen LogP) is 7.48. The summed E-state index contributed by atoms with van der Waals surface area (Å²) in [6.45, 7) is 10.2. The molecule has 0 heteroatoms. The van der Waals surface area contributed by atoms with Gasteiger partial charge in [-0.3, -0.25) is 0 Å². The monoisotopic (exact) mass is 314 g/mol. The molecule has 2 aliphatic rings. The topological polar surface area (TPSA) is 0 Å². The van der Waals surface area contributed by atoms with Crippen molar-refractivity contribution in [1.29, 1.82) is 0 Å². The van der Waals surface area contributed by atoms with Gasteiger partial charge in [-0.05, 0) is 74.5 Å². The SMILES string of the molecule is C=CCCCCCCC1(CC(C)CCCC=C)CC2C=CC1C2. The van der Waals surface area contributed by atoms with E-state index in [-0.39, 0.29) is 0 Å². The van der Waals surface area contributed by atoms with E-state index in [4.69, 9.17) is 0 Å². The molecule has 0 aromatic carbocycles. The lowest BCUT2D eigenvalue weighted by atomic mass is 9.67. The first-order valence-corrected chi connectivity index (χ1v) is 10.1. The van der Waals surface area contributed by atoms with Gasteiger partial charge >= 0.3 is 0 Å². The standard InChI is InChI=1S/C23H38/c1-4-6-8-9-10-12-16-23(18-20(3)13-11-7-5-2)19-21-14-15-22(23)17-21/h4-5,14-15,20-22H,1-2,6-13,16-19H2,3H3. The zero-order valence-corrected chi connectivity index (χ0v) is 15.4. The molecule has 23 heavy (non-hydrogen) atoms. The molecule has 4 unspecified atom stereocenters. The van der Waals surface area contributed by atoms with Crippen molar-refractivity contribution >= 4 is 0 Å². The molecule has 0 N–H and O–H groups in total. The molecule has 0 aromatic heterocycles. The molecule has 0 aromatic rings. The van der Waals surface area contributed by atoms with Gasteiger partial charge in [0.05, 0.1) is 0 Å². The Bertz CT molecular complexity index is 391. The first-order valence-electron chi connectivity index (χ1n) is 10.1. The van der Waals surface area contributed by atoms with E-state index in [9.17, 15) is 0 Å². The minimum Gasteiger partial charge on any atom is -0.103 e. The van der Waals surface area contributed by atoms with Crippen LogP contribution in [0.15, 0.2) is 37.5 Å². The Morgan fingerprint density at radius 1 is 1.04 bits per heavy atom. The molecule has 1 saturated carbocycles. The Morgan fingerprint density at radius 3 is 2.43 bits per heavy atom. The van der Waals surface area contributed by atoms with Gasteiger partial charge in [-0.1, -0.05) is 56.9 Å². The van der Waals surface area contributed by atoms with Crippen LogP contribution in [0.1, 0.15) is 84.0 Å². The second-order valence-electron chi connectivity index (χ2n) is 8.32. The highest BCUT2D eigenvalue weighted by molar-refractivity contribution is 5.15. The van der Waals surface area contributed by atoms with Gasteiger partial charge in [-0.25, -0.2) is 0 Å². The lowest BCUT2D eigenvalue weighted by Gasteiger charge is -2.38. The van der Waals surface area contributed by atoms with Crippen molar-refractivity contribution in [3.8, 4) is 0 Å². The molecule has 0 aliphatic heterocycles. The first kappa shape index (κ1) is 18.6. The fourth-order valence-electron chi connectivity index (χ4n) is 5.20. The van der Waals surface area contributed by atoms with E-state index in [1.54, 1.807) is 0 Å². The highest BCUT2D eigenvalue weighted by Gasteiger charge is 2.47. The minimum atomic E-state index is 0.644.